The summed E-state index contributed by atoms with van der Waals surface area (Å²) in [4.78, 5) is 26.6. The summed E-state index contributed by atoms with van der Waals surface area (Å²) < 4.78 is 9.45. The van der Waals surface area contributed by atoms with Gasteiger partial charge in [0.2, 0.25) is 0 Å². The van der Waals surface area contributed by atoms with E-state index in [4.69, 9.17) is 15.2 Å². The maximum atomic E-state index is 11.8. The van der Waals surface area contributed by atoms with Crippen molar-refractivity contribution in [3.8, 4) is 0 Å². The molecule has 6 heteroatoms. The van der Waals surface area contributed by atoms with Crippen molar-refractivity contribution in [3.05, 3.63) is 35.0 Å². The summed E-state index contributed by atoms with van der Waals surface area (Å²) in [6.45, 7) is 0.475. The van der Waals surface area contributed by atoms with Gasteiger partial charge in [-0.1, -0.05) is 0 Å². The summed E-state index contributed by atoms with van der Waals surface area (Å²) in [6, 6.07) is 3.15. The predicted octanol–water partition coefficient (Wildman–Crippen LogP) is 1.24. The lowest BCUT2D eigenvalue weighted by atomic mass is 10.0. The van der Waals surface area contributed by atoms with E-state index in [1.165, 1.54) is 20.3 Å². The van der Waals surface area contributed by atoms with E-state index in [9.17, 15) is 9.59 Å². The fraction of sp³-hybridized carbons (Fsp3) is 0.286. The van der Waals surface area contributed by atoms with Gasteiger partial charge >= 0.3 is 11.9 Å². The number of carbonyl (C=O) groups excluding carboxylic acids is 2. The molecule has 1 heterocycles. The number of fused-ring (bicyclic) bond motifs is 1. The molecule has 106 valence electrons. The summed E-state index contributed by atoms with van der Waals surface area (Å²) in [7, 11) is 2.59. The molecule has 0 spiro atoms. The van der Waals surface area contributed by atoms with Crippen LogP contribution in [0.3, 0.4) is 0 Å². The molecule has 2 rings (SSSR count). The van der Waals surface area contributed by atoms with E-state index in [-0.39, 0.29) is 0 Å². The summed E-state index contributed by atoms with van der Waals surface area (Å²) >= 11 is 0. The molecule has 0 saturated heterocycles. The molecule has 0 fully saturated rings. The van der Waals surface area contributed by atoms with Crippen molar-refractivity contribution in [2.24, 2.45) is 5.73 Å². The number of nitrogens with two attached hydrogens (primary N) is 1. The van der Waals surface area contributed by atoms with Crippen molar-refractivity contribution in [1.29, 1.82) is 0 Å². The first-order chi connectivity index (χ1) is 9.62. The Labute approximate surface area is 115 Å². The number of rotatable bonds is 4. The van der Waals surface area contributed by atoms with Crippen LogP contribution in [0.5, 0.6) is 0 Å². The molecule has 0 aliphatic rings. The van der Waals surface area contributed by atoms with Gasteiger partial charge in [0.05, 0.1) is 30.9 Å². The number of ether oxygens (including phenoxy) is 2. The Morgan fingerprint density at radius 2 is 1.90 bits per heavy atom. The van der Waals surface area contributed by atoms with Crippen LogP contribution in [0.15, 0.2) is 18.3 Å². The van der Waals surface area contributed by atoms with E-state index in [1.807, 2.05) is 0 Å². The summed E-state index contributed by atoms with van der Waals surface area (Å²) in [5.41, 5.74) is 7.74. The molecule has 0 atom stereocenters. The molecular weight excluding hydrogens is 260 g/mol. The van der Waals surface area contributed by atoms with Crippen molar-refractivity contribution < 1.29 is 19.1 Å². The normalized spacial score (nSPS) is 10.6. The smallest absolute Gasteiger partial charge is 0.340 e. The van der Waals surface area contributed by atoms with Gasteiger partial charge in [0.1, 0.15) is 0 Å². The van der Waals surface area contributed by atoms with Gasteiger partial charge in [-0.2, -0.15) is 0 Å². The Hall–Kier alpha value is -2.34. The van der Waals surface area contributed by atoms with Crippen LogP contribution in [0.4, 0.5) is 0 Å². The lowest BCUT2D eigenvalue weighted by Crippen LogP contribution is -2.07. The second kappa shape index (κ2) is 5.75. The SMILES string of the molecule is COC(=O)c1cc(C(=O)OC)c2[nH]cc(CCN)c2c1. The predicted molar refractivity (Wildman–Crippen MR) is 73.7 cm³/mol. The van der Waals surface area contributed by atoms with E-state index in [2.05, 4.69) is 4.98 Å². The highest BCUT2D eigenvalue weighted by Gasteiger charge is 2.18. The van der Waals surface area contributed by atoms with Crippen LogP contribution in [0.2, 0.25) is 0 Å². The number of benzene rings is 1. The third-order valence-electron chi connectivity index (χ3n) is 3.12. The fourth-order valence-electron chi connectivity index (χ4n) is 2.16. The Bertz CT molecular complexity index is 660. The van der Waals surface area contributed by atoms with Crippen LogP contribution in [0.1, 0.15) is 26.3 Å². The van der Waals surface area contributed by atoms with E-state index in [0.717, 1.165) is 10.9 Å². The zero-order valence-corrected chi connectivity index (χ0v) is 11.4. The van der Waals surface area contributed by atoms with E-state index < -0.39 is 11.9 Å². The molecule has 0 bridgehead atoms. The monoisotopic (exact) mass is 276 g/mol. The summed E-state index contributed by atoms with van der Waals surface area (Å²) in [6.07, 6.45) is 2.43. The van der Waals surface area contributed by atoms with E-state index >= 15 is 0 Å². The van der Waals surface area contributed by atoms with Crippen molar-refractivity contribution in [1.82, 2.24) is 4.98 Å². The number of H-pyrrole nitrogens is 1. The number of hydrogen-bond acceptors (Lipinski definition) is 5. The molecule has 20 heavy (non-hydrogen) atoms. The number of carbonyl (C=O) groups is 2. The summed E-state index contributed by atoms with van der Waals surface area (Å²) in [5, 5.41) is 0.777. The minimum atomic E-state index is -0.512. The first kappa shape index (κ1) is 14.1. The lowest BCUT2D eigenvalue weighted by molar-refractivity contribution is 0.0600. The maximum absolute atomic E-state index is 11.8. The average Bonchev–Trinajstić information content (AvgIpc) is 2.88. The highest BCUT2D eigenvalue weighted by molar-refractivity contribution is 6.07. The van der Waals surface area contributed by atoms with Crippen molar-refractivity contribution in [2.75, 3.05) is 20.8 Å². The number of hydrogen-bond donors (Lipinski definition) is 2. The third kappa shape index (κ3) is 2.37. The molecule has 0 aliphatic heterocycles. The average molecular weight is 276 g/mol. The second-order valence-corrected chi connectivity index (χ2v) is 4.28. The zero-order valence-electron chi connectivity index (χ0n) is 11.4. The molecule has 0 amide bonds. The molecule has 6 nitrogen and oxygen atoms in total. The van der Waals surface area contributed by atoms with Gasteiger partial charge in [-0.05, 0) is 30.7 Å². The number of nitrogens with one attached hydrogen (secondary N) is 1. The van der Waals surface area contributed by atoms with Crippen molar-refractivity contribution >= 4 is 22.8 Å². The Balaban J connectivity index is 2.69. The Morgan fingerprint density at radius 1 is 1.20 bits per heavy atom. The second-order valence-electron chi connectivity index (χ2n) is 4.28. The molecule has 0 aliphatic carbocycles. The van der Waals surface area contributed by atoms with Gasteiger partial charge in [0, 0.05) is 11.6 Å². The first-order valence-electron chi connectivity index (χ1n) is 6.13. The quantitative estimate of drug-likeness (QED) is 0.819. The van der Waals surface area contributed by atoms with Crippen LogP contribution < -0.4 is 5.73 Å². The minimum absolute atomic E-state index is 0.300. The van der Waals surface area contributed by atoms with Crippen LogP contribution in [-0.4, -0.2) is 37.7 Å². The molecule has 2 aromatic rings. The fourth-order valence-corrected chi connectivity index (χ4v) is 2.16. The third-order valence-corrected chi connectivity index (χ3v) is 3.12. The van der Waals surface area contributed by atoms with Gasteiger partial charge in [-0.25, -0.2) is 9.59 Å². The molecule has 1 aromatic carbocycles. The number of aromatic amines is 1. The number of esters is 2. The minimum Gasteiger partial charge on any atom is -0.465 e. The lowest BCUT2D eigenvalue weighted by Gasteiger charge is -2.06. The molecule has 1 aromatic heterocycles. The molecule has 3 N–H and O–H groups in total. The summed E-state index contributed by atoms with van der Waals surface area (Å²) in [5.74, 6) is -1.01. The van der Waals surface area contributed by atoms with Crippen molar-refractivity contribution in [2.45, 2.75) is 6.42 Å². The van der Waals surface area contributed by atoms with Crippen LogP contribution >= 0.6 is 0 Å². The van der Waals surface area contributed by atoms with Gasteiger partial charge in [-0.15, -0.1) is 0 Å². The highest BCUT2D eigenvalue weighted by atomic mass is 16.5. The number of aromatic nitrogens is 1. The molecule has 0 saturated carbocycles. The first-order valence-corrected chi connectivity index (χ1v) is 6.13. The van der Waals surface area contributed by atoms with E-state index in [0.29, 0.717) is 29.6 Å². The maximum Gasteiger partial charge on any atom is 0.340 e. The van der Waals surface area contributed by atoms with Crippen LogP contribution in [0, 0.1) is 0 Å². The van der Waals surface area contributed by atoms with Crippen molar-refractivity contribution in [3.63, 3.8) is 0 Å². The topological polar surface area (TPSA) is 94.4 Å². The largest absolute Gasteiger partial charge is 0.465 e. The highest BCUT2D eigenvalue weighted by Crippen LogP contribution is 2.25. The van der Waals surface area contributed by atoms with Crippen LogP contribution in [-0.2, 0) is 15.9 Å². The Morgan fingerprint density at radius 3 is 2.50 bits per heavy atom. The van der Waals surface area contributed by atoms with Gasteiger partial charge in [0.15, 0.2) is 0 Å². The van der Waals surface area contributed by atoms with Gasteiger partial charge in [-0.3, -0.25) is 0 Å². The number of methoxy groups -OCH3 is 2. The Kier molecular flexibility index (Phi) is 4.05. The van der Waals surface area contributed by atoms with Gasteiger partial charge < -0.3 is 20.2 Å². The van der Waals surface area contributed by atoms with Crippen LogP contribution in [0.25, 0.3) is 10.9 Å². The molecule has 0 unspecified atom stereocenters. The standard InChI is InChI=1S/C14H16N2O4/c1-19-13(17)9-5-10-8(3-4-15)7-16-12(10)11(6-9)14(18)20-2/h5-7,16H,3-4,15H2,1-2H3. The van der Waals surface area contributed by atoms with Gasteiger partial charge in [0.25, 0.3) is 0 Å². The molecular formula is C14H16N2O4. The zero-order chi connectivity index (χ0) is 14.7. The van der Waals surface area contributed by atoms with E-state index in [1.54, 1.807) is 12.3 Å². The molecule has 0 radical (unpaired) electrons.